The van der Waals surface area contributed by atoms with Gasteiger partial charge in [-0.25, -0.2) is 0 Å². The van der Waals surface area contributed by atoms with Crippen LogP contribution in [0.2, 0.25) is 0 Å². The molecule has 0 aromatic heterocycles. The normalized spacial score (nSPS) is 14.8. The molecule has 0 spiro atoms. The SMILES string of the molecule is COc1ccc(C2C(C#N)=C(N)Oc3cc(OCc4ccccc4Br)ccc32)cc1OC. The summed E-state index contributed by atoms with van der Waals surface area (Å²) in [5.41, 5.74) is 9.15. The Morgan fingerprint density at radius 3 is 2.53 bits per heavy atom. The van der Waals surface area contributed by atoms with E-state index in [1.807, 2.05) is 54.6 Å². The average Bonchev–Trinajstić information content (AvgIpc) is 2.82. The topological polar surface area (TPSA) is 86.7 Å². The number of hydrogen-bond donors (Lipinski definition) is 1. The largest absolute Gasteiger partial charge is 0.493 e. The van der Waals surface area contributed by atoms with E-state index in [0.717, 1.165) is 21.2 Å². The molecule has 1 unspecified atom stereocenters. The van der Waals surface area contributed by atoms with Crippen molar-refractivity contribution in [2.45, 2.75) is 12.5 Å². The molecule has 7 heteroatoms. The van der Waals surface area contributed by atoms with E-state index in [-0.39, 0.29) is 5.88 Å². The number of benzene rings is 3. The van der Waals surface area contributed by atoms with Gasteiger partial charge in [-0.05, 0) is 29.8 Å². The van der Waals surface area contributed by atoms with Crippen molar-refractivity contribution in [1.82, 2.24) is 0 Å². The predicted octanol–water partition coefficient (Wildman–Crippen LogP) is 5.26. The molecule has 162 valence electrons. The summed E-state index contributed by atoms with van der Waals surface area (Å²) < 4.78 is 23.5. The monoisotopic (exact) mass is 492 g/mol. The standard InChI is InChI=1S/C25H21BrN2O4/c1-29-21-10-7-15(11-23(21)30-2)24-18-9-8-17(12-22(18)32-25(28)19(24)13-27)31-14-16-5-3-4-6-20(16)26/h3-12,24H,14,28H2,1-2H3. The number of allylic oxidation sites excluding steroid dienone is 1. The maximum absolute atomic E-state index is 9.78. The number of methoxy groups -OCH3 is 2. The summed E-state index contributed by atoms with van der Waals surface area (Å²) in [7, 11) is 3.15. The van der Waals surface area contributed by atoms with E-state index in [4.69, 9.17) is 24.7 Å². The van der Waals surface area contributed by atoms with Crippen molar-refractivity contribution in [2.24, 2.45) is 5.73 Å². The molecule has 4 rings (SSSR count). The number of rotatable bonds is 6. The molecule has 1 aliphatic rings. The van der Waals surface area contributed by atoms with Crippen LogP contribution in [0.5, 0.6) is 23.0 Å². The lowest BCUT2D eigenvalue weighted by Gasteiger charge is -2.27. The third-order valence-electron chi connectivity index (χ3n) is 5.28. The van der Waals surface area contributed by atoms with Crippen molar-refractivity contribution in [3.8, 4) is 29.1 Å². The molecule has 1 atom stereocenters. The third-order valence-corrected chi connectivity index (χ3v) is 6.06. The van der Waals surface area contributed by atoms with Gasteiger partial charge in [-0.3, -0.25) is 0 Å². The fraction of sp³-hybridized carbons (Fsp3) is 0.160. The van der Waals surface area contributed by atoms with E-state index in [1.54, 1.807) is 20.3 Å². The molecular formula is C25H21BrN2O4. The van der Waals surface area contributed by atoms with Crippen molar-refractivity contribution in [3.63, 3.8) is 0 Å². The number of hydrogen-bond acceptors (Lipinski definition) is 6. The highest BCUT2D eigenvalue weighted by molar-refractivity contribution is 9.10. The van der Waals surface area contributed by atoms with Gasteiger partial charge in [0.05, 0.1) is 20.1 Å². The van der Waals surface area contributed by atoms with Crippen LogP contribution in [-0.2, 0) is 6.61 Å². The average molecular weight is 493 g/mol. The molecule has 3 aromatic carbocycles. The van der Waals surface area contributed by atoms with E-state index < -0.39 is 5.92 Å². The van der Waals surface area contributed by atoms with Gasteiger partial charge in [0, 0.05) is 21.7 Å². The van der Waals surface area contributed by atoms with Gasteiger partial charge in [0.25, 0.3) is 0 Å². The molecule has 1 aliphatic heterocycles. The Hall–Kier alpha value is -3.63. The highest BCUT2D eigenvalue weighted by Gasteiger charge is 2.31. The Bertz CT molecular complexity index is 1230. The molecule has 1 heterocycles. The minimum Gasteiger partial charge on any atom is -0.493 e. The number of fused-ring (bicyclic) bond motifs is 1. The number of nitriles is 1. The van der Waals surface area contributed by atoms with Gasteiger partial charge < -0.3 is 24.7 Å². The Balaban J connectivity index is 1.69. The van der Waals surface area contributed by atoms with Crippen molar-refractivity contribution in [3.05, 3.63) is 93.3 Å². The lowest BCUT2D eigenvalue weighted by Crippen LogP contribution is -2.21. The second-order valence-electron chi connectivity index (χ2n) is 7.12. The van der Waals surface area contributed by atoms with E-state index >= 15 is 0 Å². The van der Waals surface area contributed by atoms with E-state index in [0.29, 0.717) is 35.2 Å². The van der Waals surface area contributed by atoms with Crippen LogP contribution < -0.4 is 24.7 Å². The molecule has 3 aromatic rings. The first kappa shape index (κ1) is 21.6. The second-order valence-corrected chi connectivity index (χ2v) is 7.97. The maximum atomic E-state index is 9.78. The van der Waals surface area contributed by atoms with Crippen LogP contribution in [0.15, 0.2) is 76.6 Å². The van der Waals surface area contributed by atoms with Gasteiger partial charge in [-0.1, -0.05) is 46.3 Å². The predicted molar refractivity (Wildman–Crippen MR) is 124 cm³/mol. The molecule has 0 saturated heterocycles. The lowest BCUT2D eigenvalue weighted by molar-refractivity contribution is 0.302. The minimum atomic E-state index is -0.402. The Morgan fingerprint density at radius 2 is 1.81 bits per heavy atom. The van der Waals surface area contributed by atoms with E-state index in [1.165, 1.54) is 0 Å². The molecule has 0 radical (unpaired) electrons. The third kappa shape index (κ3) is 4.10. The highest BCUT2D eigenvalue weighted by atomic mass is 79.9. The Kier molecular flexibility index (Phi) is 6.24. The zero-order valence-corrected chi connectivity index (χ0v) is 19.2. The Labute approximate surface area is 194 Å². The number of nitrogens with two attached hydrogens (primary N) is 1. The molecule has 0 fully saturated rings. The van der Waals surface area contributed by atoms with Crippen molar-refractivity contribution in [1.29, 1.82) is 5.26 Å². The first-order chi connectivity index (χ1) is 15.5. The zero-order valence-electron chi connectivity index (χ0n) is 17.6. The van der Waals surface area contributed by atoms with E-state index in [2.05, 4.69) is 22.0 Å². The van der Waals surface area contributed by atoms with Gasteiger partial charge in [-0.15, -0.1) is 0 Å². The first-order valence-electron chi connectivity index (χ1n) is 9.85. The maximum Gasteiger partial charge on any atom is 0.205 e. The number of halogens is 1. The van der Waals surface area contributed by atoms with Crippen LogP contribution in [0.4, 0.5) is 0 Å². The van der Waals surface area contributed by atoms with Crippen LogP contribution in [-0.4, -0.2) is 14.2 Å². The van der Waals surface area contributed by atoms with Gasteiger partial charge in [0.2, 0.25) is 5.88 Å². The summed E-state index contributed by atoms with van der Waals surface area (Å²) in [6, 6.07) is 21.2. The molecule has 6 nitrogen and oxygen atoms in total. The van der Waals surface area contributed by atoms with Gasteiger partial charge in [0.1, 0.15) is 29.7 Å². The summed E-state index contributed by atoms with van der Waals surface area (Å²) in [6.45, 7) is 0.397. The fourth-order valence-electron chi connectivity index (χ4n) is 3.68. The number of ether oxygens (including phenoxy) is 4. The summed E-state index contributed by atoms with van der Waals surface area (Å²) in [6.07, 6.45) is 0. The molecule has 0 aliphatic carbocycles. The smallest absolute Gasteiger partial charge is 0.205 e. The number of nitrogens with zero attached hydrogens (tertiary/aromatic N) is 1. The highest BCUT2D eigenvalue weighted by Crippen LogP contribution is 2.45. The quantitative estimate of drug-likeness (QED) is 0.504. The van der Waals surface area contributed by atoms with Crippen LogP contribution in [0.25, 0.3) is 0 Å². The van der Waals surface area contributed by atoms with Crippen molar-refractivity contribution < 1.29 is 18.9 Å². The Morgan fingerprint density at radius 1 is 1.03 bits per heavy atom. The van der Waals surface area contributed by atoms with Crippen LogP contribution >= 0.6 is 15.9 Å². The molecule has 2 N–H and O–H groups in total. The summed E-state index contributed by atoms with van der Waals surface area (Å²) in [5.74, 6) is 2.03. The molecule has 0 amide bonds. The first-order valence-corrected chi connectivity index (χ1v) is 10.6. The lowest BCUT2D eigenvalue weighted by atomic mass is 9.83. The second kappa shape index (κ2) is 9.25. The molecular weight excluding hydrogens is 472 g/mol. The molecule has 32 heavy (non-hydrogen) atoms. The summed E-state index contributed by atoms with van der Waals surface area (Å²) in [5, 5.41) is 9.78. The van der Waals surface area contributed by atoms with Gasteiger partial charge in [0.15, 0.2) is 11.5 Å². The van der Waals surface area contributed by atoms with Gasteiger partial charge in [-0.2, -0.15) is 5.26 Å². The zero-order chi connectivity index (χ0) is 22.7. The van der Waals surface area contributed by atoms with Crippen molar-refractivity contribution >= 4 is 15.9 Å². The fourth-order valence-corrected chi connectivity index (χ4v) is 4.08. The summed E-state index contributed by atoms with van der Waals surface area (Å²) >= 11 is 3.53. The van der Waals surface area contributed by atoms with Gasteiger partial charge >= 0.3 is 0 Å². The minimum absolute atomic E-state index is 0.0720. The molecule has 0 saturated carbocycles. The van der Waals surface area contributed by atoms with Crippen LogP contribution in [0.3, 0.4) is 0 Å². The van der Waals surface area contributed by atoms with Crippen LogP contribution in [0.1, 0.15) is 22.6 Å². The summed E-state index contributed by atoms with van der Waals surface area (Å²) in [4.78, 5) is 0. The van der Waals surface area contributed by atoms with E-state index in [9.17, 15) is 5.26 Å². The van der Waals surface area contributed by atoms with Crippen LogP contribution in [0, 0.1) is 11.3 Å². The van der Waals surface area contributed by atoms with Crippen molar-refractivity contribution in [2.75, 3.05) is 14.2 Å². The molecule has 0 bridgehead atoms.